The molecule has 1 saturated heterocycles. The van der Waals surface area contributed by atoms with Crippen LogP contribution in [0.4, 0.5) is 0 Å². The van der Waals surface area contributed by atoms with E-state index in [4.69, 9.17) is 9.47 Å². The van der Waals surface area contributed by atoms with Gasteiger partial charge in [-0.15, -0.1) is 24.0 Å². The molecule has 0 aliphatic carbocycles. The van der Waals surface area contributed by atoms with Crippen LogP contribution in [0.25, 0.3) is 0 Å². The number of rotatable bonds is 10. The molecular formula is C20H34IN3O3. The van der Waals surface area contributed by atoms with Crippen LogP contribution in [0, 0.1) is 0 Å². The van der Waals surface area contributed by atoms with Gasteiger partial charge < -0.3 is 25.2 Å². The molecule has 1 heterocycles. The lowest BCUT2D eigenvalue weighted by Gasteiger charge is -2.22. The predicted molar refractivity (Wildman–Crippen MR) is 120 cm³/mol. The van der Waals surface area contributed by atoms with E-state index in [1.54, 1.807) is 0 Å². The van der Waals surface area contributed by atoms with Crippen LogP contribution in [0.3, 0.4) is 0 Å². The predicted octanol–water partition coefficient (Wildman–Crippen LogP) is 2.87. The first-order chi connectivity index (χ1) is 12.8. The van der Waals surface area contributed by atoms with Crippen molar-refractivity contribution in [2.75, 3.05) is 39.5 Å². The largest absolute Gasteiger partial charge is 0.388 e. The second kappa shape index (κ2) is 15.1. The van der Waals surface area contributed by atoms with Crippen molar-refractivity contribution in [3.63, 3.8) is 0 Å². The molecule has 1 unspecified atom stereocenters. The molecule has 1 aliphatic rings. The van der Waals surface area contributed by atoms with Gasteiger partial charge in [0, 0.05) is 39.5 Å². The quantitative estimate of drug-likeness (QED) is 0.203. The Kier molecular flexibility index (Phi) is 13.5. The Morgan fingerprint density at radius 2 is 2.00 bits per heavy atom. The van der Waals surface area contributed by atoms with E-state index in [1.807, 2.05) is 37.3 Å². The number of benzene rings is 1. The highest BCUT2D eigenvalue weighted by molar-refractivity contribution is 14.0. The smallest absolute Gasteiger partial charge is 0.191 e. The molecule has 0 saturated carbocycles. The third-order valence-electron chi connectivity index (χ3n) is 4.33. The maximum atomic E-state index is 10.2. The van der Waals surface area contributed by atoms with Gasteiger partial charge in [0.2, 0.25) is 0 Å². The minimum Gasteiger partial charge on any atom is -0.388 e. The van der Waals surface area contributed by atoms with Gasteiger partial charge in [-0.2, -0.15) is 0 Å². The molecule has 0 aromatic heterocycles. The lowest BCUT2D eigenvalue weighted by Crippen LogP contribution is -2.38. The van der Waals surface area contributed by atoms with E-state index in [1.165, 1.54) is 0 Å². The second-order valence-corrected chi connectivity index (χ2v) is 6.44. The van der Waals surface area contributed by atoms with Gasteiger partial charge in [0.1, 0.15) is 0 Å². The zero-order valence-electron chi connectivity index (χ0n) is 16.2. The number of nitrogens with one attached hydrogen (secondary N) is 2. The summed E-state index contributed by atoms with van der Waals surface area (Å²) in [5.41, 5.74) is 0.946. The van der Waals surface area contributed by atoms with E-state index in [0.717, 1.165) is 63.7 Å². The second-order valence-electron chi connectivity index (χ2n) is 6.44. The number of aliphatic hydroxyl groups is 1. The van der Waals surface area contributed by atoms with Crippen LogP contribution in [0.1, 0.15) is 44.3 Å². The van der Waals surface area contributed by atoms with Crippen LogP contribution < -0.4 is 10.6 Å². The molecule has 0 spiro atoms. The fraction of sp³-hybridized carbons (Fsp3) is 0.650. The topological polar surface area (TPSA) is 75.1 Å². The Labute approximate surface area is 180 Å². The summed E-state index contributed by atoms with van der Waals surface area (Å²) in [5, 5.41) is 16.7. The molecule has 1 aromatic rings. The molecular weight excluding hydrogens is 457 g/mol. The van der Waals surface area contributed by atoms with Crippen molar-refractivity contribution in [3.8, 4) is 0 Å². The summed E-state index contributed by atoms with van der Waals surface area (Å²) in [5.74, 6) is 0.791. The minimum atomic E-state index is -0.459. The van der Waals surface area contributed by atoms with Crippen LogP contribution in [-0.2, 0) is 9.47 Å². The van der Waals surface area contributed by atoms with E-state index in [2.05, 4.69) is 15.6 Å². The minimum absolute atomic E-state index is 0. The van der Waals surface area contributed by atoms with Crippen molar-refractivity contribution in [2.45, 2.75) is 44.8 Å². The highest BCUT2D eigenvalue weighted by Crippen LogP contribution is 2.14. The van der Waals surface area contributed by atoms with E-state index >= 15 is 0 Å². The van der Waals surface area contributed by atoms with E-state index in [9.17, 15) is 5.11 Å². The first-order valence-electron chi connectivity index (χ1n) is 9.74. The molecule has 6 nitrogen and oxygen atoms in total. The highest BCUT2D eigenvalue weighted by Gasteiger charge is 2.13. The van der Waals surface area contributed by atoms with Gasteiger partial charge in [-0.3, -0.25) is 4.99 Å². The Morgan fingerprint density at radius 3 is 2.70 bits per heavy atom. The van der Waals surface area contributed by atoms with Gasteiger partial charge >= 0.3 is 0 Å². The lowest BCUT2D eigenvalue weighted by molar-refractivity contribution is -0.0318. The Hall–Kier alpha value is -0.900. The van der Waals surface area contributed by atoms with Gasteiger partial charge in [0.15, 0.2) is 5.96 Å². The zero-order chi connectivity index (χ0) is 18.5. The number of nitrogens with zero attached hydrogens (tertiary/aromatic N) is 1. The molecule has 1 aromatic carbocycles. The van der Waals surface area contributed by atoms with E-state index in [0.29, 0.717) is 19.1 Å². The molecule has 1 aliphatic heterocycles. The molecule has 1 atom stereocenters. The summed E-state index contributed by atoms with van der Waals surface area (Å²) in [6.07, 6.45) is 3.43. The number of aliphatic hydroxyl groups excluding tert-OH is 1. The summed E-state index contributed by atoms with van der Waals surface area (Å²) in [7, 11) is 0. The van der Waals surface area contributed by atoms with Crippen molar-refractivity contribution >= 4 is 29.9 Å². The van der Waals surface area contributed by atoms with Gasteiger partial charge in [-0.25, -0.2) is 0 Å². The van der Waals surface area contributed by atoms with Gasteiger partial charge in [0.25, 0.3) is 0 Å². The van der Waals surface area contributed by atoms with Crippen molar-refractivity contribution < 1.29 is 14.6 Å². The van der Waals surface area contributed by atoms with Crippen molar-refractivity contribution in [3.05, 3.63) is 35.9 Å². The Bertz CT molecular complexity index is 510. The molecule has 154 valence electrons. The highest BCUT2D eigenvalue weighted by atomic mass is 127. The Balaban J connectivity index is 0.00000364. The molecule has 0 bridgehead atoms. The van der Waals surface area contributed by atoms with Crippen LogP contribution in [-0.4, -0.2) is 56.6 Å². The van der Waals surface area contributed by atoms with Gasteiger partial charge in [-0.1, -0.05) is 30.3 Å². The summed E-state index contributed by atoms with van der Waals surface area (Å²) in [4.78, 5) is 4.57. The molecule has 27 heavy (non-hydrogen) atoms. The van der Waals surface area contributed by atoms with Crippen LogP contribution in [0.2, 0.25) is 0 Å². The first-order valence-corrected chi connectivity index (χ1v) is 9.74. The average Bonchev–Trinajstić information content (AvgIpc) is 2.69. The normalized spacial score (nSPS) is 16.4. The standard InChI is InChI=1S/C20H33N3O3.HI/c1-2-21-20(22-12-6-14-26-18-10-15-25-16-11-18)23-13-9-19(24)17-7-4-3-5-8-17;/h3-5,7-8,18-19,24H,2,6,9-16H2,1H3,(H2,21,22,23);1H. The summed E-state index contributed by atoms with van der Waals surface area (Å²) in [6, 6.07) is 9.74. The SMILES string of the molecule is CCNC(=NCCCOC1CCOCC1)NCCC(O)c1ccccc1.I. The summed E-state index contributed by atoms with van der Waals surface area (Å²) >= 11 is 0. The lowest BCUT2D eigenvalue weighted by atomic mass is 10.1. The monoisotopic (exact) mass is 491 g/mol. The Morgan fingerprint density at radius 1 is 1.26 bits per heavy atom. The number of aliphatic imine (C=N–C) groups is 1. The molecule has 2 rings (SSSR count). The molecule has 3 N–H and O–H groups in total. The van der Waals surface area contributed by atoms with Crippen molar-refractivity contribution in [2.24, 2.45) is 4.99 Å². The van der Waals surface area contributed by atoms with Crippen molar-refractivity contribution in [1.29, 1.82) is 0 Å². The zero-order valence-corrected chi connectivity index (χ0v) is 18.6. The molecule has 0 radical (unpaired) electrons. The average molecular weight is 491 g/mol. The van der Waals surface area contributed by atoms with Crippen LogP contribution in [0.5, 0.6) is 0 Å². The third-order valence-corrected chi connectivity index (χ3v) is 4.33. The summed E-state index contributed by atoms with van der Waals surface area (Å²) < 4.78 is 11.2. The van der Waals surface area contributed by atoms with E-state index < -0.39 is 6.10 Å². The number of hydrogen-bond acceptors (Lipinski definition) is 4. The van der Waals surface area contributed by atoms with Crippen LogP contribution in [0.15, 0.2) is 35.3 Å². The molecule has 7 heteroatoms. The van der Waals surface area contributed by atoms with E-state index in [-0.39, 0.29) is 24.0 Å². The summed E-state index contributed by atoms with van der Waals surface area (Å²) in [6.45, 7) is 6.61. The fourth-order valence-electron chi connectivity index (χ4n) is 2.86. The maximum absolute atomic E-state index is 10.2. The maximum Gasteiger partial charge on any atom is 0.191 e. The number of halogens is 1. The fourth-order valence-corrected chi connectivity index (χ4v) is 2.86. The molecule has 1 fully saturated rings. The van der Waals surface area contributed by atoms with Gasteiger partial charge in [-0.05, 0) is 38.2 Å². The molecule has 0 amide bonds. The number of guanidine groups is 1. The van der Waals surface area contributed by atoms with Gasteiger partial charge in [0.05, 0.1) is 12.2 Å². The third kappa shape index (κ3) is 10.3. The first kappa shape index (κ1) is 24.1. The number of ether oxygens (including phenoxy) is 2. The number of hydrogen-bond donors (Lipinski definition) is 3. The van der Waals surface area contributed by atoms with Crippen LogP contribution >= 0.6 is 24.0 Å². The van der Waals surface area contributed by atoms with Crippen molar-refractivity contribution in [1.82, 2.24) is 10.6 Å².